The molecule has 0 unspecified atom stereocenters. The number of nitro groups is 1. The van der Waals surface area contributed by atoms with Crippen molar-refractivity contribution in [3.63, 3.8) is 0 Å². The van der Waals surface area contributed by atoms with Crippen molar-refractivity contribution in [2.45, 2.75) is 6.92 Å². The second-order valence-corrected chi connectivity index (χ2v) is 4.94. The van der Waals surface area contributed by atoms with Crippen LogP contribution < -0.4 is 5.32 Å². The molecule has 2 aromatic heterocycles. The molecule has 8 heteroatoms. The fourth-order valence-electron chi connectivity index (χ4n) is 2.37. The van der Waals surface area contributed by atoms with E-state index in [4.69, 9.17) is 9.68 Å². The molecule has 1 amide bonds. The molecule has 0 spiro atoms. The van der Waals surface area contributed by atoms with Crippen molar-refractivity contribution in [3.05, 3.63) is 63.7 Å². The van der Waals surface area contributed by atoms with Crippen LogP contribution in [-0.2, 0) is 0 Å². The van der Waals surface area contributed by atoms with Crippen molar-refractivity contribution in [1.29, 1.82) is 5.26 Å². The van der Waals surface area contributed by atoms with Crippen molar-refractivity contribution in [2.75, 3.05) is 5.32 Å². The summed E-state index contributed by atoms with van der Waals surface area (Å²) in [6, 6.07) is 9.16. The molecule has 0 aliphatic rings. The van der Waals surface area contributed by atoms with Gasteiger partial charge in [0, 0.05) is 23.7 Å². The largest absolute Gasteiger partial charge is 0.450 e. The number of rotatable bonds is 3. The second-order valence-electron chi connectivity index (χ2n) is 4.94. The van der Waals surface area contributed by atoms with Gasteiger partial charge in [0.1, 0.15) is 17.3 Å². The van der Waals surface area contributed by atoms with E-state index in [-0.39, 0.29) is 22.5 Å². The van der Waals surface area contributed by atoms with Crippen LogP contribution in [-0.4, -0.2) is 15.8 Å². The lowest BCUT2D eigenvalue weighted by atomic mass is 10.1. The van der Waals surface area contributed by atoms with Crippen molar-refractivity contribution in [2.24, 2.45) is 0 Å². The molecule has 3 aromatic rings. The van der Waals surface area contributed by atoms with Crippen LogP contribution in [0.25, 0.3) is 10.9 Å². The van der Waals surface area contributed by atoms with E-state index >= 15 is 0 Å². The van der Waals surface area contributed by atoms with Gasteiger partial charge >= 0.3 is 0 Å². The summed E-state index contributed by atoms with van der Waals surface area (Å²) in [7, 11) is 0. The summed E-state index contributed by atoms with van der Waals surface area (Å²) in [4.78, 5) is 27.0. The summed E-state index contributed by atoms with van der Waals surface area (Å²) >= 11 is 0. The second kappa shape index (κ2) is 5.81. The maximum Gasteiger partial charge on any atom is 0.295 e. The molecule has 0 atom stereocenters. The molecule has 2 heterocycles. The van der Waals surface area contributed by atoms with Gasteiger partial charge in [-0.05, 0) is 25.1 Å². The van der Waals surface area contributed by atoms with Gasteiger partial charge in [-0.1, -0.05) is 0 Å². The van der Waals surface area contributed by atoms with Crippen molar-refractivity contribution in [3.8, 4) is 6.07 Å². The molecule has 0 bridgehead atoms. The average molecular weight is 322 g/mol. The minimum Gasteiger partial charge on any atom is -0.450 e. The summed E-state index contributed by atoms with van der Waals surface area (Å²) in [5.41, 5.74) is 0.645. The molecule has 0 aliphatic heterocycles. The molecule has 8 nitrogen and oxygen atoms in total. The number of nitriles is 1. The Labute approximate surface area is 135 Å². The van der Waals surface area contributed by atoms with E-state index in [2.05, 4.69) is 10.3 Å². The van der Waals surface area contributed by atoms with Gasteiger partial charge in [-0.2, -0.15) is 5.26 Å². The third-order valence-corrected chi connectivity index (χ3v) is 3.47. The standard InChI is InChI=1S/C16H10N4O4/c1-9-12(7-10(8-17)24-9)16(21)19-13-4-5-14(20(22)23)15-11(13)3-2-6-18-15/h2-7H,1H3,(H,19,21). The number of nitrogens with one attached hydrogen (secondary N) is 1. The first-order chi connectivity index (χ1) is 11.5. The molecule has 24 heavy (non-hydrogen) atoms. The van der Waals surface area contributed by atoms with Crippen molar-refractivity contribution >= 4 is 28.2 Å². The number of non-ortho nitro benzene ring substituents is 1. The highest BCUT2D eigenvalue weighted by molar-refractivity contribution is 6.10. The van der Waals surface area contributed by atoms with Gasteiger partial charge in [0.25, 0.3) is 11.6 Å². The maximum absolute atomic E-state index is 12.4. The number of aryl methyl sites for hydroxylation is 1. The van der Waals surface area contributed by atoms with E-state index in [1.807, 2.05) is 6.07 Å². The molecule has 0 radical (unpaired) electrons. The number of nitrogens with zero attached hydrogens (tertiary/aromatic N) is 3. The Morgan fingerprint density at radius 3 is 2.88 bits per heavy atom. The van der Waals surface area contributed by atoms with Gasteiger partial charge < -0.3 is 9.73 Å². The van der Waals surface area contributed by atoms with E-state index < -0.39 is 10.8 Å². The lowest BCUT2D eigenvalue weighted by Gasteiger charge is -2.08. The van der Waals surface area contributed by atoms with E-state index in [1.54, 1.807) is 19.1 Å². The number of fused-ring (bicyclic) bond motifs is 1. The number of aromatic nitrogens is 1. The lowest BCUT2D eigenvalue weighted by molar-refractivity contribution is -0.383. The Hall–Kier alpha value is -3.73. The normalized spacial score (nSPS) is 10.3. The molecule has 0 saturated carbocycles. The maximum atomic E-state index is 12.4. The first-order valence-corrected chi connectivity index (χ1v) is 6.85. The molecular formula is C16H10N4O4. The number of hydrogen-bond acceptors (Lipinski definition) is 6. The van der Waals surface area contributed by atoms with Crippen LogP contribution in [0.3, 0.4) is 0 Å². The Morgan fingerprint density at radius 1 is 1.42 bits per heavy atom. The SMILES string of the molecule is Cc1oc(C#N)cc1C(=O)Nc1ccc([N+](=O)[O-])c2ncccc12. The van der Waals surface area contributed by atoms with E-state index in [0.717, 1.165) is 0 Å². The Balaban J connectivity index is 2.03. The van der Waals surface area contributed by atoms with Gasteiger partial charge in [0.15, 0.2) is 0 Å². The summed E-state index contributed by atoms with van der Waals surface area (Å²) in [6.07, 6.45) is 1.44. The zero-order valence-electron chi connectivity index (χ0n) is 12.4. The molecule has 118 valence electrons. The molecule has 0 fully saturated rings. The van der Waals surface area contributed by atoms with E-state index in [0.29, 0.717) is 16.8 Å². The summed E-state index contributed by atoms with van der Waals surface area (Å²) in [6.45, 7) is 1.57. The zero-order chi connectivity index (χ0) is 17.3. The smallest absolute Gasteiger partial charge is 0.295 e. The zero-order valence-corrected chi connectivity index (χ0v) is 12.4. The number of amides is 1. The van der Waals surface area contributed by atoms with Gasteiger partial charge in [-0.15, -0.1) is 0 Å². The van der Waals surface area contributed by atoms with Crippen LogP contribution in [0.1, 0.15) is 21.9 Å². The first-order valence-electron chi connectivity index (χ1n) is 6.85. The van der Waals surface area contributed by atoms with Crippen molar-refractivity contribution < 1.29 is 14.1 Å². The molecule has 1 aromatic carbocycles. The number of carbonyl (C=O) groups is 1. The highest BCUT2D eigenvalue weighted by atomic mass is 16.6. The number of hydrogen-bond donors (Lipinski definition) is 1. The number of pyridine rings is 1. The fourth-order valence-corrected chi connectivity index (χ4v) is 2.37. The highest BCUT2D eigenvalue weighted by Crippen LogP contribution is 2.30. The predicted octanol–water partition coefficient (Wildman–Crippen LogP) is 3.17. The van der Waals surface area contributed by atoms with E-state index in [9.17, 15) is 14.9 Å². The van der Waals surface area contributed by atoms with Gasteiger partial charge in [-0.3, -0.25) is 14.9 Å². The van der Waals surface area contributed by atoms with E-state index in [1.165, 1.54) is 24.4 Å². The first kappa shape index (κ1) is 15.2. The number of anilines is 1. The Kier molecular flexibility index (Phi) is 3.67. The van der Waals surface area contributed by atoms with Gasteiger partial charge in [0.2, 0.25) is 5.76 Å². The Morgan fingerprint density at radius 2 is 2.21 bits per heavy atom. The monoisotopic (exact) mass is 322 g/mol. The van der Waals surface area contributed by atoms with Crippen LogP contribution in [0.4, 0.5) is 11.4 Å². The molecular weight excluding hydrogens is 312 g/mol. The topological polar surface area (TPSA) is 122 Å². The lowest BCUT2D eigenvalue weighted by Crippen LogP contribution is -2.12. The van der Waals surface area contributed by atoms with Crippen molar-refractivity contribution in [1.82, 2.24) is 4.98 Å². The van der Waals surface area contributed by atoms with Crippen LogP contribution in [0, 0.1) is 28.4 Å². The summed E-state index contributed by atoms with van der Waals surface area (Å²) < 4.78 is 5.14. The third kappa shape index (κ3) is 2.55. The molecule has 0 aliphatic carbocycles. The van der Waals surface area contributed by atoms with Crippen LogP contribution >= 0.6 is 0 Å². The van der Waals surface area contributed by atoms with Gasteiger partial charge in [0.05, 0.1) is 16.2 Å². The Bertz CT molecular complexity index is 1020. The average Bonchev–Trinajstić information content (AvgIpc) is 2.96. The summed E-state index contributed by atoms with van der Waals surface area (Å²) in [5.74, 6) is -0.127. The number of nitro benzene ring substituents is 1. The van der Waals surface area contributed by atoms with Gasteiger partial charge in [-0.25, -0.2) is 4.98 Å². The minimum atomic E-state index is -0.527. The highest BCUT2D eigenvalue weighted by Gasteiger charge is 2.19. The van der Waals surface area contributed by atoms with Crippen LogP contribution in [0.15, 0.2) is 40.9 Å². The predicted molar refractivity (Wildman–Crippen MR) is 84.5 cm³/mol. The van der Waals surface area contributed by atoms with Crippen LogP contribution in [0.2, 0.25) is 0 Å². The molecule has 1 N–H and O–H groups in total. The number of benzene rings is 1. The summed E-state index contributed by atoms with van der Waals surface area (Å²) in [5, 5.41) is 23.0. The quantitative estimate of drug-likeness (QED) is 0.583. The molecule has 3 rings (SSSR count). The minimum absolute atomic E-state index is 0.0351. The fraction of sp³-hybridized carbons (Fsp3) is 0.0625. The molecule has 0 saturated heterocycles. The van der Waals surface area contributed by atoms with Crippen LogP contribution in [0.5, 0.6) is 0 Å². The number of furan rings is 1. The third-order valence-electron chi connectivity index (χ3n) is 3.47. The number of carbonyl (C=O) groups excluding carboxylic acids is 1.